The Labute approximate surface area is 87.1 Å². The second-order valence-corrected chi connectivity index (χ2v) is 3.52. The third kappa shape index (κ3) is 1.51. The Morgan fingerprint density at radius 2 is 2.07 bits per heavy atom. The summed E-state index contributed by atoms with van der Waals surface area (Å²) in [5, 5.41) is 0.921. The lowest BCUT2D eigenvalue weighted by molar-refractivity contribution is 0.415. The summed E-state index contributed by atoms with van der Waals surface area (Å²) >= 11 is 5.23. The zero-order chi connectivity index (χ0) is 10.1. The number of hydrogen-bond acceptors (Lipinski definition) is 3. The van der Waals surface area contributed by atoms with E-state index in [2.05, 4.69) is 0 Å². The molecule has 2 nitrogen and oxygen atoms in total. The van der Waals surface area contributed by atoms with Crippen LogP contribution in [0.3, 0.4) is 0 Å². The normalized spacial score (nSPS) is 10.4. The standard InChI is InChI=1S/C11H10O2S/c1-7-5-11(14)9-6-8(12-2)3-4-10(9)13-7/h3-6H,1-2H3. The van der Waals surface area contributed by atoms with Gasteiger partial charge in [0, 0.05) is 5.39 Å². The SMILES string of the molecule is COc1ccc2oc(C)cc(=S)c2c1. The van der Waals surface area contributed by atoms with Crippen LogP contribution in [0.25, 0.3) is 11.0 Å². The van der Waals surface area contributed by atoms with Crippen LogP contribution in [0.5, 0.6) is 5.75 Å². The second-order valence-electron chi connectivity index (χ2n) is 3.08. The van der Waals surface area contributed by atoms with E-state index in [1.165, 1.54) is 0 Å². The lowest BCUT2D eigenvalue weighted by Gasteiger charge is -2.02. The fraction of sp³-hybridized carbons (Fsp3) is 0.182. The topological polar surface area (TPSA) is 22.4 Å². The highest BCUT2D eigenvalue weighted by atomic mass is 32.1. The van der Waals surface area contributed by atoms with Crippen molar-refractivity contribution in [2.24, 2.45) is 0 Å². The van der Waals surface area contributed by atoms with E-state index < -0.39 is 0 Å². The number of hydrogen-bond donors (Lipinski definition) is 0. The zero-order valence-corrected chi connectivity index (χ0v) is 8.85. The van der Waals surface area contributed by atoms with Crippen LogP contribution in [0.1, 0.15) is 5.76 Å². The molecule has 0 aliphatic heterocycles. The van der Waals surface area contributed by atoms with Gasteiger partial charge < -0.3 is 9.15 Å². The molecule has 0 saturated heterocycles. The summed E-state index contributed by atoms with van der Waals surface area (Å²) in [6, 6.07) is 7.47. The molecule has 14 heavy (non-hydrogen) atoms. The molecule has 0 N–H and O–H groups in total. The molecule has 2 rings (SSSR count). The lowest BCUT2D eigenvalue weighted by Crippen LogP contribution is -1.83. The predicted molar refractivity (Wildman–Crippen MR) is 58.3 cm³/mol. The van der Waals surface area contributed by atoms with Crippen LogP contribution in [0.15, 0.2) is 28.7 Å². The predicted octanol–water partition coefficient (Wildman–Crippen LogP) is 3.48. The van der Waals surface area contributed by atoms with Crippen LogP contribution in [0, 0.1) is 11.4 Å². The Balaban J connectivity index is 2.82. The van der Waals surface area contributed by atoms with Crippen molar-refractivity contribution in [2.75, 3.05) is 7.11 Å². The van der Waals surface area contributed by atoms with Crippen molar-refractivity contribution in [2.45, 2.75) is 6.92 Å². The molecule has 72 valence electrons. The van der Waals surface area contributed by atoms with Gasteiger partial charge in [-0.05, 0) is 31.2 Å². The number of fused-ring (bicyclic) bond motifs is 1. The fourth-order valence-electron chi connectivity index (χ4n) is 1.38. The monoisotopic (exact) mass is 206 g/mol. The summed E-state index contributed by atoms with van der Waals surface area (Å²) in [5.74, 6) is 1.62. The minimum atomic E-state index is 0.794. The van der Waals surface area contributed by atoms with Crippen LogP contribution in [0.4, 0.5) is 0 Å². The van der Waals surface area contributed by atoms with Gasteiger partial charge in [0.2, 0.25) is 0 Å². The molecule has 2 aromatic rings. The Morgan fingerprint density at radius 3 is 2.79 bits per heavy atom. The summed E-state index contributed by atoms with van der Waals surface area (Å²) in [6.07, 6.45) is 0. The van der Waals surface area contributed by atoms with Gasteiger partial charge >= 0.3 is 0 Å². The molecule has 1 aromatic carbocycles. The minimum absolute atomic E-state index is 0.794. The van der Waals surface area contributed by atoms with E-state index in [4.69, 9.17) is 21.4 Å². The zero-order valence-electron chi connectivity index (χ0n) is 8.03. The maximum atomic E-state index is 5.52. The van der Waals surface area contributed by atoms with Gasteiger partial charge in [0.25, 0.3) is 0 Å². The van der Waals surface area contributed by atoms with Crippen molar-refractivity contribution in [3.05, 3.63) is 34.5 Å². The van der Waals surface area contributed by atoms with Gasteiger partial charge in [-0.2, -0.15) is 0 Å². The minimum Gasteiger partial charge on any atom is -0.497 e. The molecule has 0 amide bonds. The van der Waals surface area contributed by atoms with Gasteiger partial charge in [-0.1, -0.05) is 12.2 Å². The van der Waals surface area contributed by atoms with E-state index in [0.717, 1.165) is 27.0 Å². The number of methoxy groups -OCH3 is 1. The largest absolute Gasteiger partial charge is 0.497 e. The first-order valence-electron chi connectivity index (χ1n) is 4.29. The highest BCUT2D eigenvalue weighted by molar-refractivity contribution is 7.71. The number of ether oxygens (including phenoxy) is 1. The molecular weight excluding hydrogens is 196 g/mol. The molecule has 1 aromatic heterocycles. The third-order valence-electron chi connectivity index (χ3n) is 2.06. The molecule has 0 radical (unpaired) electrons. The molecule has 0 unspecified atom stereocenters. The molecule has 0 atom stereocenters. The maximum absolute atomic E-state index is 5.52. The van der Waals surface area contributed by atoms with E-state index in [-0.39, 0.29) is 0 Å². The van der Waals surface area contributed by atoms with Crippen LogP contribution in [-0.4, -0.2) is 7.11 Å². The molecule has 0 bridgehead atoms. The highest BCUT2D eigenvalue weighted by Crippen LogP contribution is 2.22. The van der Waals surface area contributed by atoms with Gasteiger partial charge in [0.1, 0.15) is 17.1 Å². The molecule has 1 heterocycles. The van der Waals surface area contributed by atoms with E-state index in [1.807, 2.05) is 31.2 Å². The summed E-state index contributed by atoms with van der Waals surface area (Å²) in [4.78, 5) is 0. The van der Waals surface area contributed by atoms with E-state index in [1.54, 1.807) is 7.11 Å². The van der Waals surface area contributed by atoms with E-state index in [0.29, 0.717) is 0 Å². The number of rotatable bonds is 1. The fourth-order valence-corrected chi connectivity index (χ4v) is 1.71. The van der Waals surface area contributed by atoms with Gasteiger partial charge in [-0.25, -0.2) is 0 Å². The average Bonchev–Trinajstić information content (AvgIpc) is 2.17. The summed E-state index contributed by atoms with van der Waals surface area (Å²) in [6.45, 7) is 1.89. The summed E-state index contributed by atoms with van der Waals surface area (Å²) in [7, 11) is 1.63. The Hall–Kier alpha value is -1.35. The van der Waals surface area contributed by atoms with Crippen molar-refractivity contribution < 1.29 is 9.15 Å². The van der Waals surface area contributed by atoms with E-state index in [9.17, 15) is 0 Å². The molecule has 0 spiro atoms. The number of aryl methyl sites for hydroxylation is 1. The van der Waals surface area contributed by atoms with Crippen LogP contribution >= 0.6 is 12.2 Å². The molecule has 0 aliphatic carbocycles. The Bertz CT molecular complexity index is 528. The van der Waals surface area contributed by atoms with Crippen molar-refractivity contribution in [1.82, 2.24) is 0 Å². The smallest absolute Gasteiger partial charge is 0.135 e. The van der Waals surface area contributed by atoms with Crippen molar-refractivity contribution in [1.29, 1.82) is 0 Å². The molecule has 0 saturated carbocycles. The van der Waals surface area contributed by atoms with Crippen LogP contribution in [-0.2, 0) is 0 Å². The van der Waals surface area contributed by atoms with Crippen LogP contribution < -0.4 is 4.74 Å². The third-order valence-corrected chi connectivity index (χ3v) is 2.40. The van der Waals surface area contributed by atoms with Crippen molar-refractivity contribution in [3.8, 4) is 5.75 Å². The first-order chi connectivity index (χ1) is 6.70. The molecule has 0 aliphatic rings. The molecule has 3 heteroatoms. The Morgan fingerprint density at radius 1 is 1.29 bits per heavy atom. The average molecular weight is 206 g/mol. The second kappa shape index (κ2) is 3.42. The quantitative estimate of drug-likeness (QED) is 0.667. The van der Waals surface area contributed by atoms with Gasteiger partial charge in [0.05, 0.1) is 11.6 Å². The van der Waals surface area contributed by atoms with Gasteiger partial charge in [-0.3, -0.25) is 0 Å². The lowest BCUT2D eigenvalue weighted by atomic mass is 10.2. The van der Waals surface area contributed by atoms with E-state index >= 15 is 0 Å². The first kappa shape index (κ1) is 9.21. The Kier molecular flexibility index (Phi) is 2.25. The van der Waals surface area contributed by atoms with Gasteiger partial charge in [0.15, 0.2) is 0 Å². The molecular formula is C11H10O2S. The van der Waals surface area contributed by atoms with Crippen molar-refractivity contribution >= 4 is 23.2 Å². The van der Waals surface area contributed by atoms with Crippen LogP contribution in [0.2, 0.25) is 0 Å². The maximum Gasteiger partial charge on any atom is 0.135 e. The highest BCUT2D eigenvalue weighted by Gasteiger charge is 2.00. The first-order valence-corrected chi connectivity index (χ1v) is 4.70. The summed E-state index contributed by atoms with van der Waals surface area (Å²) in [5.41, 5.74) is 0.802. The molecule has 0 fully saturated rings. The summed E-state index contributed by atoms with van der Waals surface area (Å²) < 4.78 is 11.4. The number of benzene rings is 1. The van der Waals surface area contributed by atoms with Crippen molar-refractivity contribution in [3.63, 3.8) is 0 Å². The van der Waals surface area contributed by atoms with Gasteiger partial charge in [-0.15, -0.1) is 0 Å².